The first kappa shape index (κ1) is 17.9. The largest absolute Gasteiger partial charge is 0.480 e. The van der Waals surface area contributed by atoms with Crippen molar-refractivity contribution in [2.75, 3.05) is 7.11 Å². The van der Waals surface area contributed by atoms with E-state index in [9.17, 15) is 4.79 Å². The summed E-state index contributed by atoms with van der Waals surface area (Å²) < 4.78 is 13.1. The maximum absolute atomic E-state index is 12.8. The van der Waals surface area contributed by atoms with Gasteiger partial charge < -0.3 is 14.4 Å². The molecule has 29 heavy (non-hydrogen) atoms. The Kier molecular flexibility index (Phi) is 4.13. The molecule has 0 unspecified atom stereocenters. The average molecular weight is 390 g/mol. The Hall–Kier alpha value is -3.19. The highest BCUT2D eigenvalue weighted by Gasteiger charge is 2.32. The van der Waals surface area contributed by atoms with E-state index in [1.807, 2.05) is 35.6 Å². The summed E-state index contributed by atoms with van der Waals surface area (Å²) >= 11 is 0. The number of carbonyl (C=O) groups excluding carboxylic acids is 1. The number of benzene rings is 1. The smallest absolute Gasteiger partial charge is 0.256 e. The highest BCUT2D eigenvalue weighted by molar-refractivity contribution is 5.99. The maximum Gasteiger partial charge on any atom is 0.256 e. The van der Waals surface area contributed by atoms with Gasteiger partial charge in [-0.25, -0.2) is 9.97 Å². The standard InChI is InChI=1S/C22H22N4O3/c1-13(2)26-10-19-17(22(26)27)9-18(21(24-19)28-3)20-23-6-7-25(20)16-5-4-14-11-29-12-15(14)8-16/h4-9,13H,10-12H2,1-3H3. The minimum atomic E-state index is -0.000751. The SMILES string of the molecule is COc1nc2c(cc1-c1nccn1-c1ccc3c(c1)COC3)C(=O)N(C(C)C)C2. The van der Waals surface area contributed by atoms with E-state index in [4.69, 9.17) is 9.47 Å². The minimum absolute atomic E-state index is 0.000751. The summed E-state index contributed by atoms with van der Waals surface area (Å²) in [6, 6.07) is 8.23. The van der Waals surface area contributed by atoms with Crippen molar-refractivity contribution in [3.8, 4) is 23.0 Å². The molecule has 5 rings (SSSR count). The Morgan fingerprint density at radius 3 is 2.76 bits per heavy atom. The number of imidazole rings is 1. The van der Waals surface area contributed by atoms with Crippen LogP contribution in [0.15, 0.2) is 36.7 Å². The lowest BCUT2D eigenvalue weighted by Gasteiger charge is -2.19. The number of hydrogen-bond donors (Lipinski definition) is 0. The van der Waals surface area contributed by atoms with Crippen molar-refractivity contribution in [1.29, 1.82) is 0 Å². The van der Waals surface area contributed by atoms with Crippen LogP contribution in [0.2, 0.25) is 0 Å². The fourth-order valence-electron chi connectivity index (χ4n) is 3.98. The molecule has 148 valence electrons. The number of nitrogens with zero attached hydrogens (tertiary/aromatic N) is 4. The second-order valence-electron chi connectivity index (χ2n) is 7.63. The van der Waals surface area contributed by atoms with Gasteiger partial charge in [0.25, 0.3) is 5.91 Å². The highest BCUT2D eigenvalue weighted by atomic mass is 16.5. The molecule has 0 fully saturated rings. The van der Waals surface area contributed by atoms with Crippen LogP contribution in [0.25, 0.3) is 17.1 Å². The summed E-state index contributed by atoms with van der Waals surface area (Å²) in [7, 11) is 1.59. The molecule has 0 spiro atoms. The molecule has 0 aliphatic carbocycles. The molecule has 2 aliphatic rings. The molecule has 4 heterocycles. The van der Waals surface area contributed by atoms with Crippen LogP contribution in [0.4, 0.5) is 0 Å². The lowest BCUT2D eigenvalue weighted by molar-refractivity contribution is 0.0730. The van der Waals surface area contributed by atoms with Crippen molar-refractivity contribution in [1.82, 2.24) is 19.4 Å². The van der Waals surface area contributed by atoms with Crippen molar-refractivity contribution < 1.29 is 14.3 Å². The van der Waals surface area contributed by atoms with E-state index in [0.29, 0.717) is 42.6 Å². The van der Waals surface area contributed by atoms with Crippen molar-refractivity contribution in [2.45, 2.75) is 39.6 Å². The van der Waals surface area contributed by atoms with Crippen molar-refractivity contribution in [3.05, 3.63) is 59.0 Å². The van der Waals surface area contributed by atoms with E-state index >= 15 is 0 Å². The molecular formula is C22H22N4O3. The zero-order valence-corrected chi connectivity index (χ0v) is 16.7. The Morgan fingerprint density at radius 2 is 1.97 bits per heavy atom. The lowest BCUT2D eigenvalue weighted by atomic mass is 10.1. The number of amides is 1. The van der Waals surface area contributed by atoms with Gasteiger partial charge in [0.1, 0.15) is 5.82 Å². The van der Waals surface area contributed by atoms with Gasteiger partial charge in [0.05, 0.1) is 43.7 Å². The molecule has 0 bridgehead atoms. The Morgan fingerprint density at radius 1 is 1.14 bits per heavy atom. The summed E-state index contributed by atoms with van der Waals surface area (Å²) in [5.41, 5.74) is 5.45. The first-order chi connectivity index (χ1) is 14.1. The molecule has 0 saturated carbocycles. The van der Waals surface area contributed by atoms with E-state index in [1.54, 1.807) is 13.3 Å². The topological polar surface area (TPSA) is 69.5 Å². The number of rotatable bonds is 4. The molecule has 7 nitrogen and oxygen atoms in total. The van der Waals surface area contributed by atoms with Crippen LogP contribution in [0.5, 0.6) is 5.88 Å². The first-order valence-electron chi connectivity index (χ1n) is 9.69. The van der Waals surface area contributed by atoms with Crippen molar-refractivity contribution >= 4 is 5.91 Å². The molecule has 1 aromatic carbocycles. The molecule has 2 aromatic heterocycles. The van der Waals surface area contributed by atoms with E-state index in [1.165, 1.54) is 11.1 Å². The molecule has 1 amide bonds. The molecule has 0 atom stereocenters. The van der Waals surface area contributed by atoms with Gasteiger partial charge in [0.2, 0.25) is 5.88 Å². The van der Waals surface area contributed by atoms with Crippen LogP contribution in [0, 0.1) is 0 Å². The third-order valence-corrected chi connectivity index (χ3v) is 5.56. The third kappa shape index (κ3) is 2.81. The zero-order chi connectivity index (χ0) is 20.1. The molecule has 7 heteroatoms. The molecule has 0 saturated heterocycles. The maximum atomic E-state index is 12.8. The molecule has 0 N–H and O–H groups in total. The summed E-state index contributed by atoms with van der Waals surface area (Å²) in [5.74, 6) is 1.16. The molecule has 3 aromatic rings. The number of carbonyl (C=O) groups is 1. The van der Waals surface area contributed by atoms with E-state index in [0.717, 1.165) is 11.4 Å². The number of hydrogen-bond acceptors (Lipinski definition) is 5. The Bertz CT molecular complexity index is 1120. The van der Waals surface area contributed by atoms with Crippen LogP contribution in [-0.4, -0.2) is 38.5 Å². The van der Waals surface area contributed by atoms with Crippen LogP contribution in [0.3, 0.4) is 0 Å². The molecule has 0 radical (unpaired) electrons. The van der Waals surface area contributed by atoms with Gasteiger partial charge >= 0.3 is 0 Å². The fraction of sp³-hybridized carbons (Fsp3) is 0.318. The van der Waals surface area contributed by atoms with Crippen molar-refractivity contribution in [2.24, 2.45) is 0 Å². The van der Waals surface area contributed by atoms with Gasteiger partial charge in [-0.2, -0.15) is 0 Å². The third-order valence-electron chi connectivity index (χ3n) is 5.56. The van der Waals surface area contributed by atoms with Crippen LogP contribution < -0.4 is 4.74 Å². The van der Waals surface area contributed by atoms with Gasteiger partial charge in [-0.3, -0.25) is 9.36 Å². The van der Waals surface area contributed by atoms with E-state index < -0.39 is 0 Å². The monoisotopic (exact) mass is 390 g/mol. The normalized spacial score (nSPS) is 15.2. The number of pyridine rings is 1. The zero-order valence-electron chi connectivity index (χ0n) is 16.7. The highest BCUT2D eigenvalue weighted by Crippen LogP contribution is 2.35. The summed E-state index contributed by atoms with van der Waals surface area (Å²) in [4.78, 5) is 23.9. The number of aromatic nitrogens is 3. The average Bonchev–Trinajstić information content (AvgIpc) is 3.44. The molecular weight excluding hydrogens is 368 g/mol. The minimum Gasteiger partial charge on any atom is -0.480 e. The van der Waals surface area contributed by atoms with Gasteiger partial charge in [-0.05, 0) is 43.2 Å². The lowest BCUT2D eigenvalue weighted by Crippen LogP contribution is -2.30. The summed E-state index contributed by atoms with van der Waals surface area (Å²) in [6.45, 7) is 5.79. The van der Waals surface area contributed by atoms with E-state index in [2.05, 4.69) is 28.2 Å². The predicted molar refractivity (Wildman–Crippen MR) is 107 cm³/mol. The van der Waals surface area contributed by atoms with Crippen molar-refractivity contribution in [3.63, 3.8) is 0 Å². The second kappa shape index (κ2) is 6.70. The van der Waals surface area contributed by atoms with Crippen LogP contribution in [0.1, 0.15) is 41.0 Å². The van der Waals surface area contributed by atoms with E-state index in [-0.39, 0.29) is 11.9 Å². The number of fused-ring (bicyclic) bond motifs is 2. The van der Waals surface area contributed by atoms with Gasteiger partial charge in [-0.15, -0.1) is 0 Å². The first-order valence-corrected chi connectivity index (χ1v) is 9.69. The van der Waals surface area contributed by atoms with Crippen LogP contribution >= 0.6 is 0 Å². The Balaban J connectivity index is 1.62. The number of ether oxygens (including phenoxy) is 2. The number of methoxy groups -OCH3 is 1. The summed E-state index contributed by atoms with van der Waals surface area (Å²) in [6.07, 6.45) is 3.65. The summed E-state index contributed by atoms with van der Waals surface area (Å²) in [5, 5.41) is 0. The Labute approximate surface area is 168 Å². The van der Waals surface area contributed by atoms with Gasteiger partial charge in [-0.1, -0.05) is 6.07 Å². The second-order valence-corrected chi connectivity index (χ2v) is 7.63. The molecule has 2 aliphatic heterocycles. The predicted octanol–water partition coefficient (Wildman–Crippen LogP) is 3.34. The fourth-order valence-corrected chi connectivity index (χ4v) is 3.98. The quantitative estimate of drug-likeness (QED) is 0.683. The van der Waals surface area contributed by atoms with Gasteiger partial charge in [0, 0.05) is 24.1 Å². The van der Waals surface area contributed by atoms with Crippen LogP contribution in [-0.2, 0) is 24.5 Å². The van der Waals surface area contributed by atoms with Gasteiger partial charge in [0.15, 0.2) is 0 Å².